The minimum Gasteiger partial charge on any atom is -0.346 e. The van der Waals surface area contributed by atoms with Gasteiger partial charge in [-0.1, -0.05) is 30.3 Å². The Hall–Kier alpha value is -0.0575. The fraction of sp³-hybridized carbons (Fsp3) is 0.250. The van der Waals surface area contributed by atoms with Crippen LogP contribution in [0.25, 0.3) is 0 Å². The predicted molar refractivity (Wildman–Crippen MR) is 56.0 cm³/mol. The molecule has 0 radical (unpaired) electrons. The summed E-state index contributed by atoms with van der Waals surface area (Å²) in [7, 11) is -2.41. The van der Waals surface area contributed by atoms with E-state index in [0.717, 1.165) is 5.56 Å². The first-order valence-corrected chi connectivity index (χ1v) is 4.93. The standard InChI is InChI=1S/C8H11O2P.Al.3H/c1-7(11(9)10)8-5-3-2-4-6-8;;;;/h2-7,11H,1H3,(H,9,10);;;;. The molecule has 2 atom stereocenters. The maximum atomic E-state index is 10.7. The van der Waals surface area contributed by atoms with Gasteiger partial charge < -0.3 is 4.89 Å². The summed E-state index contributed by atoms with van der Waals surface area (Å²) in [5.74, 6) is 0. The molecule has 0 heterocycles. The molecule has 2 nitrogen and oxygen atoms in total. The fourth-order valence-corrected chi connectivity index (χ4v) is 1.36. The molecule has 0 fully saturated rings. The van der Waals surface area contributed by atoms with Crippen molar-refractivity contribution < 1.29 is 9.46 Å². The molecule has 0 spiro atoms. The molecule has 0 aliphatic rings. The summed E-state index contributed by atoms with van der Waals surface area (Å²) < 4.78 is 10.7. The summed E-state index contributed by atoms with van der Waals surface area (Å²) in [6.07, 6.45) is 0. The first kappa shape index (κ1) is 11.9. The van der Waals surface area contributed by atoms with Crippen LogP contribution in [0, 0.1) is 0 Å². The molecular weight excluding hydrogens is 186 g/mol. The Balaban J connectivity index is 0.00000121. The number of hydrogen-bond donors (Lipinski definition) is 1. The van der Waals surface area contributed by atoms with E-state index in [-0.39, 0.29) is 23.0 Å². The van der Waals surface area contributed by atoms with Crippen molar-refractivity contribution in [2.75, 3.05) is 0 Å². The molecular formula is C8H14AlO2P. The predicted octanol–water partition coefficient (Wildman–Crippen LogP) is 1.03. The maximum absolute atomic E-state index is 10.7. The number of rotatable bonds is 2. The van der Waals surface area contributed by atoms with Crippen LogP contribution >= 0.6 is 8.03 Å². The van der Waals surface area contributed by atoms with E-state index in [2.05, 4.69) is 0 Å². The highest BCUT2D eigenvalue weighted by atomic mass is 31.1. The molecule has 0 saturated carbocycles. The largest absolute Gasteiger partial charge is 0.346 e. The van der Waals surface area contributed by atoms with Gasteiger partial charge in [0, 0.05) is 0 Å². The lowest BCUT2D eigenvalue weighted by Gasteiger charge is -2.05. The van der Waals surface area contributed by atoms with E-state index in [1.807, 2.05) is 30.3 Å². The van der Waals surface area contributed by atoms with Gasteiger partial charge in [-0.15, -0.1) is 0 Å². The van der Waals surface area contributed by atoms with Crippen molar-refractivity contribution in [1.82, 2.24) is 0 Å². The molecule has 4 heteroatoms. The van der Waals surface area contributed by atoms with Gasteiger partial charge in [-0.25, -0.2) is 0 Å². The van der Waals surface area contributed by atoms with Crippen LogP contribution in [0.3, 0.4) is 0 Å². The zero-order valence-electron chi connectivity index (χ0n) is 6.32. The molecule has 0 saturated heterocycles. The fourth-order valence-electron chi connectivity index (χ4n) is 0.884. The Morgan fingerprint density at radius 2 is 1.83 bits per heavy atom. The summed E-state index contributed by atoms with van der Waals surface area (Å²) in [4.78, 5) is 8.82. The monoisotopic (exact) mass is 200 g/mol. The number of hydrogen-bond acceptors (Lipinski definition) is 1. The Labute approximate surface area is 83.6 Å². The molecule has 0 amide bonds. The van der Waals surface area contributed by atoms with Gasteiger partial charge in [-0.3, -0.25) is 4.57 Å². The van der Waals surface area contributed by atoms with Gasteiger partial charge in [0.2, 0.25) is 0 Å². The zero-order chi connectivity index (χ0) is 8.27. The van der Waals surface area contributed by atoms with E-state index in [9.17, 15) is 4.57 Å². The summed E-state index contributed by atoms with van der Waals surface area (Å²) in [6, 6.07) is 9.37. The van der Waals surface area contributed by atoms with E-state index in [4.69, 9.17) is 4.89 Å². The van der Waals surface area contributed by atoms with Crippen LogP contribution in [0.5, 0.6) is 0 Å². The highest BCUT2D eigenvalue weighted by molar-refractivity contribution is 7.38. The molecule has 0 bridgehead atoms. The summed E-state index contributed by atoms with van der Waals surface area (Å²) >= 11 is 0. The Morgan fingerprint density at radius 1 is 1.33 bits per heavy atom. The zero-order valence-corrected chi connectivity index (χ0v) is 7.32. The van der Waals surface area contributed by atoms with Gasteiger partial charge in [0.05, 0.1) is 5.66 Å². The van der Waals surface area contributed by atoms with E-state index in [1.54, 1.807) is 6.92 Å². The van der Waals surface area contributed by atoms with Crippen molar-refractivity contribution in [3.8, 4) is 0 Å². The van der Waals surface area contributed by atoms with Crippen LogP contribution in [0.2, 0.25) is 0 Å². The van der Waals surface area contributed by atoms with Crippen LogP contribution in [-0.4, -0.2) is 22.3 Å². The molecule has 1 rings (SSSR count). The highest BCUT2D eigenvalue weighted by Crippen LogP contribution is 2.36. The van der Waals surface area contributed by atoms with Gasteiger partial charge in [-0.05, 0) is 12.5 Å². The van der Waals surface area contributed by atoms with Gasteiger partial charge in [-0.2, -0.15) is 0 Å². The van der Waals surface area contributed by atoms with E-state index >= 15 is 0 Å². The minimum absolute atomic E-state index is 0. The lowest BCUT2D eigenvalue weighted by Crippen LogP contribution is -1.85. The smallest absolute Gasteiger partial charge is 0.196 e. The first-order chi connectivity index (χ1) is 5.22. The molecule has 2 unspecified atom stereocenters. The molecule has 66 valence electrons. The molecule has 0 aliphatic heterocycles. The van der Waals surface area contributed by atoms with Crippen LogP contribution < -0.4 is 0 Å². The summed E-state index contributed by atoms with van der Waals surface area (Å²) in [6.45, 7) is 1.76. The Morgan fingerprint density at radius 3 is 2.25 bits per heavy atom. The van der Waals surface area contributed by atoms with Crippen molar-refractivity contribution >= 4 is 25.4 Å². The van der Waals surface area contributed by atoms with Crippen LogP contribution in [-0.2, 0) is 4.57 Å². The molecule has 1 aromatic rings. The van der Waals surface area contributed by atoms with Crippen molar-refractivity contribution in [2.45, 2.75) is 12.6 Å². The average molecular weight is 200 g/mol. The van der Waals surface area contributed by atoms with Gasteiger partial charge >= 0.3 is 0 Å². The third-order valence-corrected chi connectivity index (χ3v) is 2.74. The lowest BCUT2D eigenvalue weighted by molar-refractivity contribution is 0.493. The second-order valence-corrected chi connectivity index (χ2v) is 4.01. The topological polar surface area (TPSA) is 37.3 Å². The minimum atomic E-state index is -2.41. The van der Waals surface area contributed by atoms with Crippen LogP contribution in [0.15, 0.2) is 30.3 Å². The third kappa shape index (κ3) is 3.13. The maximum Gasteiger partial charge on any atom is 0.196 e. The third-order valence-electron chi connectivity index (χ3n) is 1.67. The van der Waals surface area contributed by atoms with Gasteiger partial charge in [0.15, 0.2) is 25.4 Å². The van der Waals surface area contributed by atoms with Crippen molar-refractivity contribution in [3.63, 3.8) is 0 Å². The molecule has 12 heavy (non-hydrogen) atoms. The Kier molecular flexibility index (Phi) is 5.54. The first-order valence-electron chi connectivity index (χ1n) is 3.49. The van der Waals surface area contributed by atoms with E-state index < -0.39 is 8.03 Å². The van der Waals surface area contributed by atoms with E-state index in [1.165, 1.54) is 0 Å². The molecule has 0 aromatic heterocycles. The lowest BCUT2D eigenvalue weighted by atomic mass is 10.2. The van der Waals surface area contributed by atoms with Crippen molar-refractivity contribution in [2.24, 2.45) is 0 Å². The Bertz CT molecular complexity index is 250. The molecule has 1 aromatic carbocycles. The molecule has 0 aliphatic carbocycles. The molecule has 1 N–H and O–H groups in total. The quantitative estimate of drug-likeness (QED) is 0.572. The second kappa shape index (κ2) is 5.56. The van der Waals surface area contributed by atoms with E-state index in [0.29, 0.717) is 0 Å². The van der Waals surface area contributed by atoms with Gasteiger partial charge in [0.25, 0.3) is 0 Å². The average Bonchev–Trinajstić information content (AvgIpc) is 2.05. The van der Waals surface area contributed by atoms with Crippen LogP contribution in [0.4, 0.5) is 0 Å². The highest BCUT2D eigenvalue weighted by Gasteiger charge is 2.08. The normalized spacial score (nSPS) is 14.5. The van der Waals surface area contributed by atoms with Crippen LogP contribution in [0.1, 0.15) is 18.1 Å². The van der Waals surface area contributed by atoms with Gasteiger partial charge in [0.1, 0.15) is 0 Å². The van der Waals surface area contributed by atoms with Crippen molar-refractivity contribution in [1.29, 1.82) is 0 Å². The SMILES string of the molecule is CC(c1ccccc1)[PH](=O)O.[AlH3]. The van der Waals surface area contributed by atoms with Crippen molar-refractivity contribution in [3.05, 3.63) is 35.9 Å². The number of benzene rings is 1. The second-order valence-electron chi connectivity index (χ2n) is 2.47. The summed E-state index contributed by atoms with van der Waals surface area (Å²) in [5, 5.41) is 0. The summed E-state index contributed by atoms with van der Waals surface area (Å²) in [5.41, 5.74) is 0.708.